The molecule has 3 rings (SSSR count). The third-order valence-electron chi connectivity index (χ3n) is 8.35. The van der Waals surface area contributed by atoms with Crippen LogP contribution in [0.15, 0.2) is 47.1 Å². The second-order valence-corrected chi connectivity index (χ2v) is 11.2. The maximum absolute atomic E-state index is 4.60. The van der Waals surface area contributed by atoms with E-state index in [0.29, 0.717) is 0 Å². The zero-order valence-corrected chi connectivity index (χ0v) is 28.4. The zero-order chi connectivity index (χ0) is 30.1. The van der Waals surface area contributed by atoms with Crippen LogP contribution in [-0.4, -0.2) is 0 Å². The average Bonchev–Trinajstić information content (AvgIpc) is 2.97. The number of hydrogen-bond acceptors (Lipinski definition) is 0. The van der Waals surface area contributed by atoms with Crippen molar-refractivity contribution in [2.75, 3.05) is 0 Å². The summed E-state index contributed by atoms with van der Waals surface area (Å²) < 4.78 is 0. The summed E-state index contributed by atoms with van der Waals surface area (Å²) in [5.41, 5.74) is 6.97. The molecule has 226 valence electrons. The monoisotopic (exact) mass is 539 g/mol. The van der Waals surface area contributed by atoms with Gasteiger partial charge in [0.05, 0.1) is 0 Å². The van der Waals surface area contributed by atoms with Crippen LogP contribution in [0.25, 0.3) is 0 Å². The van der Waals surface area contributed by atoms with Crippen molar-refractivity contribution >= 4 is 0 Å². The van der Waals surface area contributed by atoms with E-state index in [0.717, 1.165) is 23.7 Å². The Morgan fingerprint density at radius 2 is 1.49 bits per heavy atom. The first-order valence-electron chi connectivity index (χ1n) is 17.1. The number of hydrogen-bond donors (Lipinski definition) is 0. The van der Waals surface area contributed by atoms with E-state index in [-0.39, 0.29) is 0 Å². The first kappa shape index (κ1) is 39.7. The van der Waals surface area contributed by atoms with E-state index in [9.17, 15) is 0 Å². The maximum atomic E-state index is 4.60. The predicted molar refractivity (Wildman–Crippen MR) is 182 cm³/mol. The van der Waals surface area contributed by atoms with Gasteiger partial charge in [0.1, 0.15) is 0 Å². The Morgan fingerprint density at radius 1 is 0.949 bits per heavy atom. The number of rotatable bonds is 8. The molecule has 0 spiro atoms. The van der Waals surface area contributed by atoms with Crippen LogP contribution in [0.1, 0.15) is 166 Å². The van der Waals surface area contributed by atoms with E-state index in [1.54, 1.807) is 29.7 Å². The Hall–Kier alpha value is -1.48. The Morgan fingerprint density at radius 3 is 1.95 bits per heavy atom. The molecule has 2 saturated carbocycles. The molecular formula is C39H70. The Labute approximate surface area is 248 Å². The molecule has 3 aliphatic carbocycles. The van der Waals surface area contributed by atoms with Crippen molar-refractivity contribution < 1.29 is 0 Å². The molecule has 3 aliphatic rings. The molecular weight excluding hydrogens is 468 g/mol. The molecule has 0 aromatic heterocycles. The van der Waals surface area contributed by atoms with Gasteiger partial charge in [-0.05, 0) is 93.6 Å². The number of allylic oxidation sites excluding steroid dienone is 7. The standard InChI is InChI=1S/C29H48.C3H6.C3H4.2C2H6/c1-5-11-26-19-18-24(6-2)29(28(26)7-3)21-27(20-23-12-9-8-10-13-23)25-16-14-22(4)15-17-25;2*1-3-2;2*1-2/h18,21-23,25-26H,5-17,19-20H2,1-4H3;3H,1H2,2H3;1H,2H3;2*1-2H3/b27-21+;;;;. The van der Waals surface area contributed by atoms with Crippen LogP contribution in [-0.2, 0) is 0 Å². The fourth-order valence-electron chi connectivity index (χ4n) is 6.49. The molecule has 0 heteroatoms. The van der Waals surface area contributed by atoms with E-state index in [1.165, 1.54) is 96.3 Å². The minimum Gasteiger partial charge on any atom is -0.120 e. The summed E-state index contributed by atoms with van der Waals surface area (Å²) in [5.74, 6) is 5.82. The van der Waals surface area contributed by atoms with Gasteiger partial charge in [0.2, 0.25) is 0 Å². The summed E-state index contributed by atoms with van der Waals surface area (Å²) in [6, 6.07) is 0. The summed E-state index contributed by atoms with van der Waals surface area (Å²) in [7, 11) is 0. The topological polar surface area (TPSA) is 0 Å². The fraction of sp³-hybridized carbons (Fsp3) is 0.744. The highest BCUT2D eigenvalue weighted by atomic mass is 14.3. The highest BCUT2D eigenvalue weighted by molar-refractivity contribution is 5.48. The summed E-state index contributed by atoms with van der Waals surface area (Å²) in [6.45, 7) is 24.5. The Kier molecular flexibility index (Phi) is 27.2. The first-order chi connectivity index (χ1) is 19.0. The lowest BCUT2D eigenvalue weighted by Crippen LogP contribution is -2.18. The lowest BCUT2D eigenvalue weighted by Gasteiger charge is -2.33. The molecule has 1 unspecified atom stereocenters. The Balaban J connectivity index is 0. The van der Waals surface area contributed by atoms with E-state index in [4.69, 9.17) is 0 Å². The largest absolute Gasteiger partial charge is 0.120 e. The smallest absolute Gasteiger partial charge is 0.00297 e. The van der Waals surface area contributed by atoms with Crippen LogP contribution in [0.3, 0.4) is 0 Å². The molecule has 0 heterocycles. The molecule has 0 nitrogen and oxygen atoms in total. The fourth-order valence-corrected chi connectivity index (χ4v) is 6.49. The van der Waals surface area contributed by atoms with Crippen molar-refractivity contribution in [1.29, 1.82) is 0 Å². The SMILES string of the molecule is C#CC.C=CC.CC.CC.CCCC1CC=C(CC)C(/C=C(\CC2CCCCC2)C2CCC(C)CC2)=C1CC. The van der Waals surface area contributed by atoms with Gasteiger partial charge in [0, 0.05) is 0 Å². The molecule has 0 aromatic carbocycles. The highest BCUT2D eigenvalue weighted by Gasteiger charge is 2.27. The van der Waals surface area contributed by atoms with Crippen LogP contribution >= 0.6 is 0 Å². The van der Waals surface area contributed by atoms with Gasteiger partial charge in [0.25, 0.3) is 0 Å². The van der Waals surface area contributed by atoms with Crippen LogP contribution in [0.5, 0.6) is 0 Å². The van der Waals surface area contributed by atoms with Crippen molar-refractivity contribution in [3.8, 4) is 12.3 Å². The molecule has 0 bridgehead atoms. The predicted octanol–water partition coefficient (Wildman–Crippen LogP) is 13.5. The third kappa shape index (κ3) is 15.8. The van der Waals surface area contributed by atoms with Crippen LogP contribution < -0.4 is 0 Å². The van der Waals surface area contributed by atoms with Crippen LogP contribution in [0.2, 0.25) is 0 Å². The minimum absolute atomic E-state index is 0.800. The molecule has 0 aliphatic heterocycles. The van der Waals surface area contributed by atoms with Crippen molar-refractivity contribution in [3.05, 3.63) is 47.1 Å². The summed E-state index contributed by atoms with van der Waals surface area (Å²) >= 11 is 0. The van der Waals surface area contributed by atoms with Crippen LogP contribution in [0, 0.1) is 36.0 Å². The van der Waals surface area contributed by atoms with Gasteiger partial charge >= 0.3 is 0 Å². The molecule has 0 amide bonds. The summed E-state index contributed by atoms with van der Waals surface area (Å²) in [4.78, 5) is 0. The zero-order valence-electron chi connectivity index (χ0n) is 28.4. The molecule has 0 aromatic rings. The summed E-state index contributed by atoms with van der Waals surface area (Å²) in [5, 5.41) is 0. The van der Waals surface area contributed by atoms with Gasteiger partial charge in [-0.2, -0.15) is 0 Å². The van der Waals surface area contributed by atoms with Crippen molar-refractivity contribution in [1.82, 2.24) is 0 Å². The normalized spacial score (nSPS) is 23.1. The Bertz CT molecular complexity index is 708. The molecule has 0 radical (unpaired) electrons. The second-order valence-electron chi connectivity index (χ2n) is 11.2. The van der Waals surface area contributed by atoms with Gasteiger partial charge in [-0.25, -0.2) is 0 Å². The third-order valence-corrected chi connectivity index (χ3v) is 8.35. The van der Waals surface area contributed by atoms with Gasteiger partial charge in [0.15, 0.2) is 0 Å². The lowest BCUT2D eigenvalue weighted by atomic mass is 9.72. The molecule has 39 heavy (non-hydrogen) atoms. The van der Waals surface area contributed by atoms with Gasteiger partial charge in [-0.3, -0.25) is 0 Å². The van der Waals surface area contributed by atoms with E-state index < -0.39 is 0 Å². The molecule has 2 fully saturated rings. The second kappa shape index (κ2) is 26.7. The van der Waals surface area contributed by atoms with Crippen molar-refractivity contribution in [3.63, 3.8) is 0 Å². The van der Waals surface area contributed by atoms with Crippen LogP contribution in [0.4, 0.5) is 0 Å². The van der Waals surface area contributed by atoms with E-state index >= 15 is 0 Å². The van der Waals surface area contributed by atoms with E-state index in [1.807, 2.05) is 40.2 Å². The molecule has 0 saturated heterocycles. The average molecular weight is 539 g/mol. The highest BCUT2D eigenvalue weighted by Crippen LogP contribution is 2.42. The van der Waals surface area contributed by atoms with E-state index in [2.05, 4.69) is 58.8 Å². The minimum atomic E-state index is 0.800. The quantitative estimate of drug-likeness (QED) is 0.213. The lowest BCUT2D eigenvalue weighted by molar-refractivity contribution is 0.294. The first-order valence-corrected chi connectivity index (χ1v) is 17.1. The molecule has 0 N–H and O–H groups in total. The van der Waals surface area contributed by atoms with Crippen molar-refractivity contribution in [2.45, 2.75) is 166 Å². The van der Waals surface area contributed by atoms with Gasteiger partial charge in [-0.1, -0.05) is 136 Å². The van der Waals surface area contributed by atoms with Gasteiger partial charge in [-0.15, -0.1) is 18.9 Å². The maximum Gasteiger partial charge on any atom is -0.00297 e. The molecule has 1 atom stereocenters. The number of terminal acetylenes is 1. The van der Waals surface area contributed by atoms with Gasteiger partial charge < -0.3 is 0 Å². The van der Waals surface area contributed by atoms with Crippen molar-refractivity contribution in [2.24, 2.45) is 23.7 Å². The summed E-state index contributed by atoms with van der Waals surface area (Å²) in [6.07, 6.45) is 32.7.